The van der Waals surface area contributed by atoms with E-state index in [2.05, 4.69) is 128 Å². The molecule has 4 aromatic carbocycles. The van der Waals surface area contributed by atoms with Crippen LogP contribution in [0.2, 0.25) is 0 Å². The van der Waals surface area contributed by atoms with Crippen molar-refractivity contribution in [1.82, 2.24) is 0 Å². The molecule has 2 heterocycles. The second kappa shape index (κ2) is 9.99. The van der Waals surface area contributed by atoms with Crippen LogP contribution in [0.5, 0.6) is 0 Å². The number of anilines is 3. The third kappa shape index (κ3) is 4.32. The van der Waals surface area contributed by atoms with Gasteiger partial charge in [-0.1, -0.05) is 103 Å². The molecule has 7 aliphatic rings. The Morgan fingerprint density at radius 1 is 0.600 bits per heavy atom. The highest BCUT2D eigenvalue weighted by Gasteiger charge is 2.54. The molecule has 0 N–H and O–H groups in total. The monoisotopic (exact) mass is 657 g/mol. The van der Waals surface area contributed by atoms with Gasteiger partial charge in [0.25, 0.3) is 0 Å². The largest absolute Gasteiger partial charge is 0.311 e. The first-order chi connectivity index (χ1) is 23.6. The van der Waals surface area contributed by atoms with Gasteiger partial charge in [0.1, 0.15) is 0 Å². The lowest BCUT2D eigenvalue weighted by Gasteiger charge is -2.58. The van der Waals surface area contributed by atoms with Crippen LogP contribution in [-0.4, -0.2) is 6.71 Å². The van der Waals surface area contributed by atoms with Crippen LogP contribution in [-0.2, 0) is 34.5 Å². The fraction of sp³-hybridized carbons (Fsp3) is 0.500. The molecule has 256 valence electrons. The normalized spacial score (nSPS) is 26.6. The Morgan fingerprint density at radius 3 is 1.82 bits per heavy atom. The smallest absolute Gasteiger partial charge is 0.247 e. The molecule has 4 bridgehead atoms. The number of nitrogens with zero attached hydrogens (tertiary/aromatic N) is 1. The second-order valence-electron chi connectivity index (χ2n) is 20.6. The summed E-state index contributed by atoms with van der Waals surface area (Å²) in [4.78, 5) is 2.81. The van der Waals surface area contributed by atoms with Crippen LogP contribution in [0, 0.1) is 24.7 Å². The minimum absolute atomic E-state index is 0.0831. The molecule has 0 unspecified atom stereocenters. The van der Waals surface area contributed by atoms with Crippen molar-refractivity contribution in [3.8, 4) is 0 Å². The number of hydrogen-bond acceptors (Lipinski definition) is 1. The summed E-state index contributed by atoms with van der Waals surface area (Å²) < 4.78 is 0. The zero-order valence-corrected chi connectivity index (χ0v) is 32.2. The van der Waals surface area contributed by atoms with Gasteiger partial charge >= 0.3 is 0 Å². The van der Waals surface area contributed by atoms with Gasteiger partial charge in [-0.2, -0.15) is 0 Å². The summed E-state index contributed by atoms with van der Waals surface area (Å²) in [5.74, 6) is 2.73. The van der Waals surface area contributed by atoms with E-state index in [1.807, 2.05) is 0 Å². The Balaban J connectivity index is 1.28. The zero-order chi connectivity index (χ0) is 34.7. The van der Waals surface area contributed by atoms with Crippen LogP contribution in [0.1, 0.15) is 138 Å². The maximum absolute atomic E-state index is 2.81. The average Bonchev–Trinajstić information content (AvgIpc) is 3.02. The minimum atomic E-state index is -0.0831. The molecular weight excluding hydrogens is 601 g/mol. The summed E-state index contributed by atoms with van der Waals surface area (Å²) in [5.41, 5.74) is 21.5. The lowest BCUT2D eigenvalue weighted by atomic mass is 9.29. The van der Waals surface area contributed by atoms with Gasteiger partial charge < -0.3 is 4.90 Å². The molecule has 2 aliphatic heterocycles. The van der Waals surface area contributed by atoms with E-state index in [0.29, 0.717) is 5.41 Å². The number of benzene rings is 4. The summed E-state index contributed by atoms with van der Waals surface area (Å²) in [7, 11) is 0. The standard InChI is InChI=1S/C48H56BN/c1-28-16-38-44-43(17-28)50(41-15-13-34(45(2,3)4)23-37(41)48-25-29-18-30(26-48)20-31(19-29)27-48)42-22-33-11-10-32(33)21-40(42)49(44)39-24-35(46(5,6)7)12-14-36(39)47(38,8)9/h12-17,21-24,29-31H,10-11,18-20,25-27H2,1-9H3. The zero-order valence-electron chi connectivity index (χ0n) is 32.2. The third-order valence-electron chi connectivity index (χ3n) is 14.7. The van der Waals surface area contributed by atoms with Gasteiger partial charge in [-0.25, -0.2) is 0 Å². The minimum Gasteiger partial charge on any atom is -0.311 e. The van der Waals surface area contributed by atoms with Crippen molar-refractivity contribution in [3.05, 3.63) is 105 Å². The lowest BCUT2D eigenvalue weighted by Crippen LogP contribution is -2.64. The molecule has 50 heavy (non-hydrogen) atoms. The molecule has 2 heteroatoms. The Labute approximate surface area is 302 Å². The molecule has 4 fully saturated rings. The average molecular weight is 658 g/mol. The molecule has 0 spiro atoms. The number of hydrogen-bond donors (Lipinski definition) is 0. The van der Waals surface area contributed by atoms with E-state index in [1.165, 1.54) is 107 Å². The Bertz CT molecular complexity index is 2080. The van der Waals surface area contributed by atoms with E-state index in [0.717, 1.165) is 17.8 Å². The molecule has 1 nitrogen and oxygen atoms in total. The van der Waals surface area contributed by atoms with Gasteiger partial charge in [0, 0.05) is 22.5 Å². The molecule has 0 radical (unpaired) electrons. The topological polar surface area (TPSA) is 3.24 Å². The predicted molar refractivity (Wildman–Crippen MR) is 214 cm³/mol. The first-order valence-electron chi connectivity index (χ1n) is 20.0. The summed E-state index contributed by atoms with van der Waals surface area (Å²) in [6, 6.07) is 25.7. The van der Waals surface area contributed by atoms with Gasteiger partial charge in [0.15, 0.2) is 0 Å². The van der Waals surface area contributed by atoms with Crippen molar-refractivity contribution in [3.63, 3.8) is 0 Å². The van der Waals surface area contributed by atoms with E-state index < -0.39 is 0 Å². The van der Waals surface area contributed by atoms with Crippen LogP contribution in [0.15, 0.2) is 60.7 Å². The molecule has 5 aliphatic carbocycles. The van der Waals surface area contributed by atoms with Gasteiger partial charge in [-0.3, -0.25) is 0 Å². The van der Waals surface area contributed by atoms with E-state index in [1.54, 1.807) is 22.2 Å². The maximum Gasteiger partial charge on any atom is 0.247 e. The first-order valence-corrected chi connectivity index (χ1v) is 20.0. The third-order valence-corrected chi connectivity index (χ3v) is 14.7. The quantitative estimate of drug-likeness (QED) is 0.171. The fourth-order valence-electron chi connectivity index (χ4n) is 12.4. The second-order valence-corrected chi connectivity index (χ2v) is 20.6. The van der Waals surface area contributed by atoms with Crippen LogP contribution in [0.25, 0.3) is 0 Å². The number of fused-ring (bicyclic) bond motifs is 5. The van der Waals surface area contributed by atoms with Gasteiger partial charge in [0.05, 0.1) is 0 Å². The Morgan fingerprint density at radius 2 is 1.20 bits per heavy atom. The van der Waals surface area contributed by atoms with Crippen LogP contribution < -0.4 is 21.3 Å². The van der Waals surface area contributed by atoms with Crippen molar-refractivity contribution in [2.45, 2.75) is 135 Å². The lowest BCUT2D eigenvalue weighted by molar-refractivity contribution is -0.00496. The van der Waals surface area contributed by atoms with Crippen LogP contribution in [0.4, 0.5) is 17.1 Å². The van der Waals surface area contributed by atoms with Gasteiger partial charge in [-0.05, 0) is 166 Å². The molecule has 0 saturated heterocycles. The Kier molecular flexibility index (Phi) is 6.29. The maximum atomic E-state index is 2.81. The Hall–Kier alpha value is -3.26. The van der Waals surface area contributed by atoms with Crippen molar-refractivity contribution < 1.29 is 0 Å². The van der Waals surface area contributed by atoms with E-state index >= 15 is 0 Å². The molecular formula is C48H56BN. The van der Waals surface area contributed by atoms with Crippen molar-refractivity contribution in [2.24, 2.45) is 17.8 Å². The fourth-order valence-corrected chi connectivity index (χ4v) is 12.4. The summed E-state index contributed by atoms with van der Waals surface area (Å²) in [5, 5.41) is 0. The highest BCUT2D eigenvalue weighted by Crippen LogP contribution is 2.63. The van der Waals surface area contributed by atoms with Crippen molar-refractivity contribution >= 4 is 40.2 Å². The highest BCUT2D eigenvalue weighted by molar-refractivity contribution is 6.99. The molecule has 11 rings (SSSR count). The molecule has 0 aromatic heterocycles. The summed E-state index contributed by atoms with van der Waals surface area (Å²) >= 11 is 0. The molecule has 4 saturated carbocycles. The number of rotatable bonds is 2. The highest BCUT2D eigenvalue weighted by atomic mass is 15.2. The van der Waals surface area contributed by atoms with Crippen LogP contribution in [0.3, 0.4) is 0 Å². The van der Waals surface area contributed by atoms with Crippen molar-refractivity contribution in [2.75, 3.05) is 4.90 Å². The first kappa shape index (κ1) is 31.5. The molecule has 0 atom stereocenters. The van der Waals surface area contributed by atoms with Gasteiger partial charge in [-0.15, -0.1) is 0 Å². The van der Waals surface area contributed by atoms with Crippen molar-refractivity contribution in [1.29, 1.82) is 0 Å². The molecule has 4 aromatic rings. The van der Waals surface area contributed by atoms with E-state index in [4.69, 9.17) is 0 Å². The summed E-state index contributed by atoms with van der Waals surface area (Å²) in [6.07, 6.45) is 11.0. The van der Waals surface area contributed by atoms with E-state index in [-0.39, 0.29) is 23.0 Å². The molecule has 0 amide bonds. The van der Waals surface area contributed by atoms with Gasteiger partial charge in [0.2, 0.25) is 6.71 Å². The van der Waals surface area contributed by atoms with Crippen LogP contribution >= 0.6 is 0 Å². The SMILES string of the molecule is Cc1cc2c3c(c1)C(C)(C)c1ccc(C(C)(C)C)cc1B3c1cc3c(cc1N2c1ccc(C(C)(C)C)cc1C12CC4CC(CC(C4)C1)C2)CC3. The predicted octanol–water partition coefficient (Wildman–Crippen LogP) is 10.1. The van der Waals surface area contributed by atoms with E-state index in [9.17, 15) is 0 Å². The number of aryl methyl sites for hydroxylation is 3. The summed E-state index contributed by atoms with van der Waals surface area (Å²) in [6.45, 7) is 21.9.